The van der Waals surface area contributed by atoms with Gasteiger partial charge in [0.1, 0.15) is 20.3 Å². The van der Waals surface area contributed by atoms with E-state index in [1.54, 1.807) is 6.92 Å². The van der Waals surface area contributed by atoms with Crippen LogP contribution in [-0.2, 0) is 17.6 Å². The zero-order valence-corrected chi connectivity index (χ0v) is 24.9. The van der Waals surface area contributed by atoms with Crippen LogP contribution < -0.4 is 11.1 Å². The summed E-state index contributed by atoms with van der Waals surface area (Å²) in [7, 11) is 0. The van der Waals surface area contributed by atoms with Gasteiger partial charge in [-0.3, -0.25) is 4.79 Å². The number of nitrogens with zero attached hydrogens (tertiary/aromatic N) is 1. The summed E-state index contributed by atoms with van der Waals surface area (Å²) >= 11 is 6.02. The van der Waals surface area contributed by atoms with Crippen molar-refractivity contribution < 1.29 is 14.3 Å². The SMILES string of the molecule is CCOC(=O)c1c(-c2ccc(Br)cc2)csc1NC(=O)c1sc2nc3c(cc2c1N)CC(c1ccccc1)CC3. The number of amides is 1. The second kappa shape index (κ2) is 11.2. The first-order valence-electron chi connectivity index (χ1n) is 13.0. The normalized spacial score (nSPS) is 14.6. The highest BCUT2D eigenvalue weighted by molar-refractivity contribution is 9.10. The van der Waals surface area contributed by atoms with E-state index in [0.29, 0.717) is 32.6 Å². The van der Waals surface area contributed by atoms with Gasteiger partial charge in [0, 0.05) is 26.5 Å². The summed E-state index contributed by atoms with van der Waals surface area (Å²) in [6.45, 7) is 1.99. The molecule has 6 rings (SSSR count). The van der Waals surface area contributed by atoms with Gasteiger partial charge in [-0.15, -0.1) is 22.7 Å². The summed E-state index contributed by atoms with van der Waals surface area (Å²) in [5, 5.41) is 6.03. The summed E-state index contributed by atoms with van der Waals surface area (Å²) in [6, 6.07) is 20.3. The lowest BCUT2D eigenvalue weighted by molar-refractivity contribution is 0.0529. The van der Waals surface area contributed by atoms with E-state index in [-0.39, 0.29) is 12.5 Å². The molecule has 40 heavy (non-hydrogen) atoms. The van der Waals surface area contributed by atoms with E-state index in [1.165, 1.54) is 33.8 Å². The molecule has 0 saturated carbocycles. The summed E-state index contributed by atoms with van der Waals surface area (Å²) in [5.41, 5.74) is 12.5. The van der Waals surface area contributed by atoms with Gasteiger partial charge in [0.15, 0.2) is 0 Å². The number of pyridine rings is 1. The third-order valence-electron chi connectivity index (χ3n) is 7.22. The van der Waals surface area contributed by atoms with Crippen LogP contribution in [0.25, 0.3) is 21.3 Å². The standard InChI is InChI=1S/C31H26BrN3O3S2/c1-2-38-31(37)25-23(18-8-11-21(32)12-9-18)16-39-30(25)35-28(36)27-26(33)22-15-20-14-19(17-6-4-3-5-7-17)10-13-24(20)34-29(22)40-27/h3-9,11-12,15-16,19H,2,10,13-14,33H2,1H3,(H,35,36). The number of thiophene rings is 2. The van der Waals surface area contributed by atoms with E-state index < -0.39 is 5.97 Å². The molecule has 3 N–H and O–H groups in total. The fourth-order valence-corrected chi connectivity index (χ4v) is 7.43. The molecule has 0 aliphatic heterocycles. The van der Waals surface area contributed by atoms with E-state index in [1.807, 2.05) is 35.7 Å². The maximum absolute atomic E-state index is 13.5. The van der Waals surface area contributed by atoms with Gasteiger partial charge in [0.2, 0.25) is 0 Å². The molecule has 1 atom stereocenters. The van der Waals surface area contributed by atoms with Crippen molar-refractivity contribution in [2.75, 3.05) is 17.7 Å². The van der Waals surface area contributed by atoms with Gasteiger partial charge in [0.05, 0.1) is 12.3 Å². The maximum Gasteiger partial charge on any atom is 0.341 e. The van der Waals surface area contributed by atoms with Gasteiger partial charge in [-0.2, -0.15) is 0 Å². The summed E-state index contributed by atoms with van der Waals surface area (Å²) in [4.78, 5) is 32.6. The van der Waals surface area contributed by atoms with Crippen LogP contribution >= 0.6 is 38.6 Å². The summed E-state index contributed by atoms with van der Waals surface area (Å²) in [5.74, 6) is -0.408. The molecule has 9 heteroatoms. The average Bonchev–Trinajstić information content (AvgIpc) is 3.53. The molecule has 5 aromatic rings. The fraction of sp³-hybridized carbons (Fsp3) is 0.194. The van der Waals surface area contributed by atoms with E-state index in [4.69, 9.17) is 15.5 Å². The Morgan fingerprint density at radius 2 is 1.93 bits per heavy atom. The first-order chi connectivity index (χ1) is 19.4. The first-order valence-corrected chi connectivity index (χ1v) is 15.5. The van der Waals surface area contributed by atoms with Crippen LogP contribution in [0.15, 0.2) is 70.5 Å². The molecule has 6 nitrogen and oxygen atoms in total. The second-order valence-corrected chi connectivity index (χ2v) is 12.5. The Bertz CT molecular complexity index is 1730. The van der Waals surface area contributed by atoms with E-state index in [9.17, 15) is 9.59 Å². The quantitative estimate of drug-likeness (QED) is 0.185. The number of nitrogens with two attached hydrogens (primary N) is 1. The highest BCUT2D eigenvalue weighted by atomic mass is 79.9. The predicted octanol–water partition coefficient (Wildman–Crippen LogP) is 8.07. The Hall–Kier alpha value is -3.53. The van der Waals surface area contributed by atoms with Crippen LogP contribution in [0.3, 0.4) is 0 Å². The molecular weight excluding hydrogens is 606 g/mol. The van der Waals surface area contributed by atoms with Gasteiger partial charge in [0.25, 0.3) is 5.91 Å². The smallest absolute Gasteiger partial charge is 0.341 e. The Kier molecular flexibility index (Phi) is 7.44. The van der Waals surface area contributed by atoms with Gasteiger partial charge in [-0.1, -0.05) is 58.4 Å². The highest BCUT2D eigenvalue weighted by Gasteiger charge is 2.27. The lowest BCUT2D eigenvalue weighted by Gasteiger charge is -2.24. The van der Waals surface area contributed by atoms with Crippen molar-refractivity contribution in [1.29, 1.82) is 0 Å². The van der Waals surface area contributed by atoms with Gasteiger partial charge >= 0.3 is 5.97 Å². The van der Waals surface area contributed by atoms with Gasteiger partial charge < -0.3 is 15.8 Å². The van der Waals surface area contributed by atoms with Crippen molar-refractivity contribution in [1.82, 2.24) is 4.98 Å². The first kappa shape index (κ1) is 26.7. The zero-order chi connectivity index (χ0) is 27.8. The molecule has 3 heterocycles. The highest BCUT2D eigenvalue weighted by Crippen LogP contribution is 2.40. The van der Waals surface area contributed by atoms with Crippen LogP contribution in [0.1, 0.15) is 56.1 Å². The Balaban J connectivity index is 1.31. The van der Waals surface area contributed by atoms with Crippen molar-refractivity contribution in [3.05, 3.63) is 97.8 Å². The third kappa shape index (κ3) is 5.05. The number of nitrogens with one attached hydrogen (secondary N) is 1. The number of esters is 1. The number of benzene rings is 2. The average molecular weight is 633 g/mol. The molecular formula is C31H26BrN3O3S2. The maximum atomic E-state index is 13.5. The Labute approximate surface area is 248 Å². The molecule has 3 aromatic heterocycles. The monoisotopic (exact) mass is 631 g/mol. The fourth-order valence-electron chi connectivity index (χ4n) is 5.23. The number of carbonyl (C=O) groups excluding carboxylic acids is 2. The van der Waals surface area contributed by atoms with Crippen LogP contribution in [0.2, 0.25) is 0 Å². The molecule has 0 fully saturated rings. The molecule has 0 bridgehead atoms. The van der Waals surface area contributed by atoms with Crippen molar-refractivity contribution in [3.8, 4) is 11.1 Å². The number of halogens is 1. The Morgan fingerprint density at radius 1 is 1.15 bits per heavy atom. The molecule has 202 valence electrons. The molecule has 1 unspecified atom stereocenters. The van der Waals surface area contributed by atoms with Crippen LogP contribution in [0.4, 0.5) is 10.7 Å². The predicted molar refractivity (Wildman–Crippen MR) is 167 cm³/mol. The lowest BCUT2D eigenvalue weighted by atomic mass is 9.82. The van der Waals surface area contributed by atoms with Gasteiger partial charge in [-0.25, -0.2) is 9.78 Å². The third-order valence-corrected chi connectivity index (χ3v) is 9.75. The number of aromatic nitrogens is 1. The molecule has 2 aromatic carbocycles. The minimum Gasteiger partial charge on any atom is -0.462 e. The molecule has 1 aliphatic carbocycles. The number of hydrogen-bond acceptors (Lipinski definition) is 7. The number of aryl methyl sites for hydroxylation is 1. The number of fused-ring (bicyclic) bond motifs is 2. The number of carbonyl (C=O) groups is 2. The topological polar surface area (TPSA) is 94.3 Å². The van der Waals surface area contributed by atoms with Crippen molar-refractivity contribution in [3.63, 3.8) is 0 Å². The van der Waals surface area contributed by atoms with Crippen LogP contribution in [0.5, 0.6) is 0 Å². The van der Waals surface area contributed by atoms with E-state index in [2.05, 4.69) is 51.6 Å². The van der Waals surface area contributed by atoms with Crippen molar-refractivity contribution in [2.24, 2.45) is 0 Å². The number of ether oxygens (including phenoxy) is 1. The molecule has 0 radical (unpaired) electrons. The van der Waals surface area contributed by atoms with Crippen LogP contribution in [-0.4, -0.2) is 23.5 Å². The van der Waals surface area contributed by atoms with Crippen molar-refractivity contribution in [2.45, 2.75) is 32.1 Å². The summed E-state index contributed by atoms with van der Waals surface area (Å²) in [6.07, 6.45) is 2.83. The molecule has 1 amide bonds. The lowest BCUT2D eigenvalue weighted by Crippen LogP contribution is -2.15. The van der Waals surface area contributed by atoms with E-state index >= 15 is 0 Å². The molecule has 0 saturated heterocycles. The number of anilines is 2. The number of nitrogen functional groups attached to an aromatic ring is 1. The number of rotatable bonds is 6. The van der Waals surface area contributed by atoms with Gasteiger partial charge in [-0.05, 0) is 67.0 Å². The Morgan fingerprint density at radius 3 is 2.67 bits per heavy atom. The minimum absolute atomic E-state index is 0.229. The summed E-state index contributed by atoms with van der Waals surface area (Å²) < 4.78 is 6.28. The van der Waals surface area contributed by atoms with E-state index in [0.717, 1.165) is 45.2 Å². The van der Waals surface area contributed by atoms with Crippen molar-refractivity contribution >= 4 is 71.4 Å². The molecule has 1 aliphatic rings. The minimum atomic E-state index is -0.483. The zero-order valence-electron chi connectivity index (χ0n) is 21.7. The molecule has 0 spiro atoms. The second-order valence-electron chi connectivity index (χ2n) is 9.68. The number of hydrogen-bond donors (Lipinski definition) is 2. The largest absolute Gasteiger partial charge is 0.462 e. The van der Waals surface area contributed by atoms with Crippen LogP contribution in [0, 0.1) is 0 Å².